The highest BCUT2D eigenvalue weighted by Crippen LogP contribution is 2.44. The van der Waals surface area contributed by atoms with Gasteiger partial charge in [0.2, 0.25) is 0 Å². The van der Waals surface area contributed by atoms with Crippen LogP contribution in [0.2, 0.25) is 0 Å². The zero-order valence-corrected chi connectivity index (χ0v) is 15.7. The molecule has 2 N–H and O–H groups in total. The lowest BCUT2D eigenvalue weighted by Crippen LogP contribution is -2.36. The van der Waals surface area contributed by atoms with Gasteiger partial charge in [-0.1, -0.05) is 31.2 Å². The maximum absolute atomic E-state index is 13.7. The summed E-state index contributed by atoms with van der Waals surface area (Å²) in [5.41, 5.74) is 1.93. The van der Waals surface area contributed by atoms with Gasteiger partial charge in [0.15, 0.2) is 6.04 Å². The molecule has 1 aromatic heterocycles. The van der Waals surface area contributed by atoms with E-state index in [1.807, 2.05) is 31.2 Å². The lowest BCUT2D eigenvalue weighted by Gasteiger charge is -2.34. The molecule has 152 valence electrons. The minimum atomic E-state index is -4.48. The number of rotatable bonds is 6. The van der Waals surface area contributed by atoms with Crippen LogP contribution in [0, 0.1) is 0 Å². The van der Waals surface area contributed by atoms with Crippen LogP contribution in [0.1, 0.15) is 46.9 Å². The molecule has 2 heterocycles. The van der Waals surface area contributed by atoms with Gasteiger partial charge < -0.3 is 15.4 Å². The van der Waals surface area contributed by atoms with Gasteiger partial charge in [0.25, 0.3) is 5.91 Å². The molecule has 0 aliphatic carbocycles. The third kappa shape index (κ3) is 4.14. The maximum atomic E-state index is 13.7. The molecule has 1 aliphatic rings. The van der Waals surface area contributed by atoms with Crippen LogP contribution >= 0.6 is 0 Å². The smallest absolute Gasteiger partial charge is 0.383 e. The molecule has 0 saturated heterocycles. The number of halogens is 3. The molecule has 3 rings (SSSR count). The fraction of sp³-hybridized carbons (Fsp3) is 0.474. The summed E-state index contributed by atoms with van der Waals surface area (Å²) in [6, 6.07) is 5.09. The van der Waals surface area contributed by atoms with Crippen molar-refractivity contribution in [1.29, 1.82) is 0 Å². The number of anilines is 1. The molecule has 2 aromatic rings. The topological polar surface area (TPSA) is 68.2 Å². The Morgan fingerprint density at radius 2 is 2.07 bits per heavy atom. The van der Waals surface area contributed by atoms with Crippen molar-refractivity contribution in [3.8, 4) is 0 Å². The molecule has 6 nitrogen and oxygen atoms in total. The van der Waals surface area contributed by atoms with Gasteiger partial charge in [0, 0.05) is 20.1 Å². The van der Waals surface area contributed by atoms with Crippen LogP contribution in [0.4, 0.5) is 19.0 Å². The van der Waals surface area contributed by atoms with E-state index in [4.69, 9.17) is 4.74 Å². The Morgan fingerprint density at radius 3 is 2.68 bits per heavy atom. The van der Waals surface area contributed by atoms with E-state index in [1.54, 1.807) is 0 Å². The van der Waals surface area contributed by atoms with E-state index < -0.39 is 24.2 Å². The fourth-order valence-electron chi connectivity index (χ4n) is 3.29. The third-order valence-corrected chi connectivity index (χ3v) is 4.87. The molecule has 1 aliphatic heterocycles. The number of fused-ring (bicyclic) bond motifs is 1. The van der Waals surface area contributed by atoms with Gasteiger partial charge in [0.05, 0.1) is 18.8 Å². The van der Waals surface area contributed by atoms with Gasteiger partial charge in [-0.2, -0.15) is 18.3 Å². The number of alkyl halides is 3. The number of carbonyl (C=O) groups excluding carboxylic acids is 1. The highest BCUT2D eigenvalue weighted by molar-refractivity contribution is 5.98. The van der Waals surface area contributed by atoms with Crippen molar-refractivity contribution in [2.45, 2.75) is 38.0 Å². The summed E-state index contributed by atoms with van der Waals surface area (Å²) in [6.07, 6.45) is -2.66. The van der Waals surface area contributed by atoms with Crippen LogP contribution in [-0.4, -0.2) is 42.1 Å². The zero-order chi connectivity index (χ0) is 20.3. The number of benzene rings is 1. The Hall–Kier alpha value is -2.55. The quantitative estimate of drug-likeness (QED) is 0.734. The molecule has 2 atom stereocenters. The van der Waals surface area contributed by atoms with E-state index in [0.29, 0.717) is 6.61 Å². The maximum Gasteiger partial charge on any atom is 0.410 e. The lowest BCUT2D eigenvalue weighted by molar-refractivity contribution is -0.173. The second-order valence-corrected chi connectivity index (χ2v) is 6.69. The van der Waals surface area contributed by atoms with Crippen LogP contribution in [0.3, 0.4) is 0 Å². The SMILES string of the molecule is CCc1ccc([C@H]2C[C@@H](C(F)(F)F)n3ncc(C(=O)NCCOC)c3N2)cc1. The van der Waals surface area contributed by atoms with Gasteiger partial charge in [-0.15, -0.1) is 0 Å². The molecule has 0 spiro atoms. The number of hydrogen-bond acceptors (Lipinski definition) is 4. The van der Waals surface area contributed by atoms with Crippen LogP contribution < -0.4 is 10.6 Å². The van der Waals surface area contributed by atoms with Crippen LogP contribution in [0.15, 0.2) is 30.5 Å². The molecule has 1 aromatic carbocycles. The van der Waals surface area contributed by atoms with Crippen molar-refractivity contribution in [2.75, 3.05) is 25.6 Å². The molecular formula is C19H23F3N4O2. The predicted molar refractivity (Wildman–Crippen MR) is 98.3 cm³/mol. The minimum absolute atomic E-state index is 0.0769. The molecule has 0 saturated carbocycles. The Balaban J connectivity index is 1.92. The number of methoxy groups -OCH3 is 1. The molecule has 28 heavy (non-hydrogen) atoms. The molecule has 0 fully saturated rings. The van der Waals surface area contributed by atoms with Crippen molar-refractivity contribution in [3.63, 3.8) is 0 Å². The lowest BCUT2D eigenvalue weighted by atomic mass is 9.95. The standard InChI is InChI=1S/C19H23F3N4O2/c1-3-12-4-6-13(7-5-12)15-10-16(19(20,21)22)26-17(25-15)14(11-24-26)18(27)23-8-9-28-2/h4-7,11,15-16,25H,3,8-10H2,1-2H3,(H,23,27)/t15-,16+/m1/s1. The first-order valence-corrected chi connectivity index (χ1v) is 9.11. The van der Waals surface area contributed by atoms with Crippen molar-refractivity contribution >= 4 is 11.7 Å². The monoisotopic (exact) mass is 396 g/mol. The summed E-state index contributed by atoms with van der Waals surface area (Å²) < 4.78 is 46.8. The zero-order valence-electron chi connectivity index (χ0n) is 15.7. The second-order valence-electron chi connectivity index (χ2n) is 6.69. The van der Waals surface area contributed by atoms with Crippen molar-refractivity contribution in [3.05, 3.63) is 47.2 Å². The largest absolute Gasteiger partial charge is 0.410 e. The first-order chi connectivity index (χ1) is 13.3. The van der Waals surface area contributed by atoms with E-state index in [9.17, 15) is 18.0 Å². The summed E-state index contributed by atoms with van der Waals surface area (Å²) in [5, 5.41) is 9.55. The van der Waals surface area contributed by atoms with E-state index in [2.05, 4.69) is 15.7 Å². The van der Waals surface area contributed by atoms with Gasteiger partial charge in [-0.25, -0.2) is 4.68 Å². The summed E-state index contributed by atoms with van der Waals surface area (Å²) in [4.78, 5) is 12.4. The summed E-state index contributed by atoms with van der Waals surface area (Å²) in [5.74, 6) is -0.415. The predicted octanol–water partition coefficient (Wildman–Crippen LogP) is 3.48. The first-order valence-electron chi connectivity index (χ1n) is 9.11. The number of amides is 1. The van der Waals surface area contributed by atoms with Crippen LogP contribution in [0.5, 0.6) is 0 Å². The third-order valence-electron chi connectivity index (χ3n) is 4.87. The highest BCUT2D eigenvalue weighted by atomic mass is 19.4. The molecular weight excluding hydrogens is 373 g/mol. The van der Waals surface area contributed by atoms with Crippen molar-refractivity contribution in [2.24, 2.45) is 0 Å². The van der Waals surface area contributed by atoms with Crippen molar-refractivity contribution < 1.29 is 22.7 Å². The Labute approximate surface area is 161 Å². The Kier molecular flexibility index (Phi) is 5.93. The normalized spacial score (nSPS) is 19.0. The summed E-state index contributed by atoms with van der Waals surface area (Å²) in [6.45, 7) is 2.57. The van der Waals surface area contributed by atoms with Gasteiger partial charge >= 0.3 is 6.18 Å². The highest BCUT2D eigenvalue weighted by Gasteiger charge is 2.47. The number of aromatic nitrogens is 2. The number of nitrogens with one attached hydrogen (secondary N) is 2. The minimum Gasteiger partial charge on any atom is -0.383 e. The van der Waals surface area contributed by atoms with Crippen molar-refractivity contribution in [1.82, 2.24) is 15.1 Å². The fourth-order valence-corrected chi connectivity index (χ4v) is 3.29. The average Bonchev–Trinajstić information content (AvgIpc) is 3.10. The van der Waals surface area contributed by atoms with E-state index in [0.717, 1.165) is 22.2 Å². The molecule has 1 amide bonds. The summed E-state index contributed by atoms with van der Waals surface area (Å²) in [7, 11) is 1.50. The van der Waals surface area contributed by atoms with Crippen LogP contribution in [-0.2, 0) is 11.2 Å². The molecule has 0 radical (unpaired) electrons. The Bertz CT molecular complexity index is 818. The van der Waals surface area contributed by atoms with Gasteiger partial charge in [-0.3, -0.25) is 4.79 Å². The molecule has 0 bridgehead atoms. The van der Waals surface area contributed by atoms with Gasteiger partial charge in [0.1, 0.15) is 11.4 Å². The van der Waals surface area contributed by atoms with E-state index in [-0.39, 0.29) is 24.3 Å². The average molecular weight is 396 g/mol. The number of nitrogens with zero attached hydrogens (tertiary/aromatic N) is 2. The Morgan fingerprint density at radius 1 is 1.36 bits per heavy atom. The molecule has 0 unspecified atom stereocenters. The van der Waals surface area contributed by atoms with Crippen LogP contribution in [0.25, 0.3) is 0 Å². The molecule has 9 heteroatoms. The van der Waals surface area contributed by atoms with Gasteiger partial charge in [-0.05, 0) is 17.5 Å². The number of hydrogen-bond donors (Lipinski definition) is 2. The second kappa shape index (κ2) is 8.22. The summed E-state index contributed by atoms with van der Waals surface area (Å²) >= 11 is 0. The number of ether oxygens (including phenoxy) is 1. The van der Waals surface area contributed by atoms with E-state index >= 15 is 0 Å². The number of carbonyl (C=O) groups is 1. The van der Waals surface area contributed by atoms with E-state index in [1.165, 1.54) is 13.3 Å². The first kappa shape index (κ1) is 20.2. The number of aryl methyl sites for hydroxylation is 1.